The Morgan fingerprint density at radius 3 is 2.61 bits per heavy atom. The molecule has 0 unspecified atom stereocenters. The Bertz CT molecular complexity index is 599. The number of carbonyl (C=O) groups is 1. The van der Waals surface area contributed by atoms with E-state index in [4.69, 9.17) is 0 Å². The van der Waals surface area contributed by atoms with E-state index in [0.29, 0.717) is 18.4 Å². The first-order valence-corrected chi connectivity index (χ1v) is 8.69. The van der Waals surface area contributed by atoms with Gasteiger partial charge >= 0.3 is 0 Å². The molecule has 1 saturated heterocycles. The lowest BCUT2D eigenvalue weighted by atomic mass is 9.93. The van der Waals surface area contributed by atoms with Crippen LogP contribution in [0, 0.1) is 5.92 Å². The highest BCUT2D eigenvalue weighted by molar-refractivity contribution is 5.76. The Balaban J connectivity index is 1.47. The molecular formula is C17H26N4O2. The molecular weight excluding hydrogens is 292 g/mol. The third-order valence-corrected chi connectivity index (χ3v) is 5.10. The molecule has 1 saturated carbocycles. The van der Waals surface area contributed by atoms with Gasteiger partial charge in [-0.25, -0.2) is 4.98 Å². The molecule has 0 spiro atoms. The van der Waals surface area contributed by atoms with Gasteiger partial charge in [-0.15, -0.1) is 0 Å². The van der Waals surface area contributed by atoms with Crippen molar-refractivity contribution in [3.8, 4) is 0 Å². The maximum atomic E-state index is 12.1. The number of piperidine rings is 1. The predicted octanol–water partition coefficient (Wildman–Crippen LogP) is 1.45. The van der Waals surface area contributed by atoms with Crippen LogP contribution in [0.3, 0.4) is 0 Å². The summed E-state index contributed by atoms with van der Waals surface area (Å²) in [6, 6.07) is 2.00. The number of hydrogen-bond acceptors (Lipinski definition) is 4. The zero-order valence-electron chi connectivity index (χ0n) is 13.8. The van der Waals surface area contributed by atoms with Crippen LogP contribution in [0.2, 0.25) is 0 Å². The number of hydrogen-bond donors (Lipinski definition) is 1. The summed E-state index contributed by atoms with van der Waals surface area (Å²) in [4.78, 5) is 30.3. The summed E-state index contributed by atoms with van der Waals surface area (Å²) in [5, 5.41) is 3.17. The second kappa shape index (κ2) is 7.15. The molecule has 1 aromatic heterocycles. The molecule has 1 amide bonds. The van der Waals surface area contributed by atoms with Gasteiger partial charge in [-0.2, -0.15) is 0 Å². The summed E-state index contributed by atoms with van der Waals surface area (Å²) >= 11 is 0. The van der Waals surface area contributed by atoms with E-state index in [0.717, 1.165) is 44.6 Å². The Morgan fingerprint density at radius 2 is 1.96 bits per heavy atom. The topological polar surface area (TPSA) is 67.2 Å². The van der Waals surface area contributed by atoms with E-state index in [-0.39, 0.29) is 11.5 Å². The van der Waals surface area contributed by atoms with Crippen molar-refractivity contribution in [2.75, 3.05) is 18.0 Å². The third-order valence-electron chi connectivity index (χ3n) is 5.10. The van der Waals surface area contributed by atoms with Gasteiger partial charge < -0.3 is 14.8 Å². The standard InChI is InChI=1S/C17H26N4O2/c1-20-12-18-15(11-17(20)23)21-8-6-13(7-9-21)10-16(22)19-14-4-2-3-5-14/h11-14H,2-10H2,1H3,(H,19,22). The Hall–Kier alpha value is -1.85. The second-order valence-electron chi connectivity index (χ2n) is 6.88. The average molecular weight is 318 g/mol. The van der Waals surface area contributed by atoms with Gasteiger partial charge in [0.1, 0.15) is 5.82 Å². The van der Waals surface area contributed by atoms with Crippen molar-refractivity contribution in [1.29, 1.82) is 0 Å². The van der Waals surface area contributed by atoms with E-state index in [1.54, 1.807) is 19.4 Å². The van der Waals surface area contributed by atoms with Gasteiger partial charge in [0.05, 0.1) is 6.33 Å². The molecule has 1 aliphatic carbocycles. The minimum atomic E-state index is -0.0342. The van der Waals surface area contributed by atoms with Gasteiger partial charge in [-0.3, -0.25) is 9.59 Å². The molecule has 6 nitrogen and oxygen atoms in total. The van der Waals surface area contributed by atoms with Gasteiger partial charge in [-0.05, 0) is 31.6 Å². The van der Waals surface area contributed by atoms with E-state index in [1.807, 2.05) is 0 Å². The number of carbonyl (C=O) groups excluding carboxylic acids is 1. The SMILES string of the molecule is Cn1cnc(N2CCC(CC(=O)NC3CCCC3)CC2)cc1=O. The summed E-state index contributed by atoms with van der Waals surface area (Å²) in [5.74, 6) is 1.41. The van der Waals surface area contributed by atoms with Crippen molar-refractivity contribution in [2.24, 2.45) is 13.0 Å². The predicted molar refractivity (Wildman–Crippen MR) is 89.4 cm³/mol. The molecule has 0 atom stereocenters. The Labute approximate surface area is 136 Å². The van der Waals surface area contributed by atoms with Crippen LogP contribution in [0.15, 0.2) is 17.2 Å². The van der Waals surface area contributed by atoms with Crippen LogP contribution in [0.4, 0.5) is 5.82 Å². The number of amides is 1. The molecule has 3 rings (SSSR count). The van der Waals surface area contributed by atoms with Crippen LogP contribution in [-0.2, 0) is 11.8 Å². The van der Waals surface area contributed by atoms with E-state index in [1.165, 1.54) is 17.4 Å². The van der Waals surface area contributed by atoms with Gasteiger partial charge in [0, 0.05) is 38.7 Å². The Kier molecular flexibility index (Phi) is 4.98. The lowest BCUT2D eigenvalue weighted by molar-refractivity contribution is -0.122. The molecule has 2 aliphatic rings. The summed E-state index contributed by atoms with van der Waals surface area (Å²) in [6.07, 6.45) is 8.93. The monoisotopic (exact) mass is 318 g/mol. The van der Waals surface area contributed by atoms with Crippen molar-refractivity contribution >= 4 is 11.7 Å². The van der Waals surface area contributed by atoms with Crippen LogP contribution in [0.25, 0.3) is 0 Å². The molecule has 23 heavy (non-hydrogen) atoms. The smallest absolute Gasteiger partial charge is 0.255 e. The number of nitrogens with zero attached hydrogens (tertiary/aromatic N) is 3. The summed E-state index contributed by atoms with van der Waals surface area (Å²) in [6.45, 7) is 1.73. The quantitative estimate of drug-likeness (QED) is 0.912. The highest BCUT2D eigenvalue weighted by atomic mass is 16.1. The fraction of sp³-hybridized carbons (Fsp3) is 0.706. The molecule has 1 N–H and O–H groups in total. The zero-order valence-corrected chi connectivity index (χ0v) is 13.8. The van der Waals surface area contributed by atoms with Gasteiger partial charge in [-0.1, -0.05) is 12.8 Å². The van der Waals surface area contributed by atoms with E-state index < -0.39 is 0 Å². The minimum Gasteiger partial charge on any atom is -0.356 e. The van der Waals surface area contributed by atoms with Crippen LogP contribution < -0.4 is 15.8 Å². The molecule has 2 heterocycles. The number of rotatable bonds is 4. The second-order valence-corrected chi connectivity index (χ2v) is 6.88. The molecule has 1 aromatic rings. The highest BCUT2D eigenvalue weighted by Crippen LogP contribution is 2.24. The number of nitrogens with one attached hydrogen (secondary N) is 1. The zero-order chi connectivity index (χ0) is 16.2. The lowest BCUT2D eigenvalue weighted by Crippen LogP contribution is -2.38. The Morgan fingerprint density at radius 1 is 1.26 bits per heavy atom. The van der Waals surface area contributed by atoms with E-state index in [2.05, 4.69) is 15.2 Å². The maximum Gasteiger partial charge on any atom is 0.255 e. The molecule has 126 valence electrons. The first kappa shape index (κ1) is 16.0. The fourth-order valence-electron chi connectivity index (χ4n) is 3.61. The molecule has 0 radical (unpaired) electrons. The molecule has 2 fully saturated rings. The van der Waals surface area contributed by atoms with E-state index >= 15 is 0 Å². The van der Waals surface area contributed by atoms with Crippen molar-refractivity contribution < 1.29 is 4.79 Å². The van der Waals surface area contributed by atoms with Gasteiger partial charge in [0.2, 0.25) is 5.91 Å². The molecule has 0 bridgehead atoms. The average Bonchev–Trinajstić information content (AvgIpc) is 3.03. The lowest BCUT2D eigenvalue weighted by Gasteiger charge is -2.32. The summed E-state index contributed by atoms with van der Waals surface area (Å²) in [7, 11) is 1.70. The molecule has 6 heteroatoms. The van der Waals surface area contributed by atoms with Crippen molar-refractivity contribution in [2.45, 2.75) is 51.0 Å². The van der Waals surface area contributed by atoms with E-state index in [9.17, 15) is 9.59 Å². The van der Waals surface area contributed by atoms with Crippen LogP contribution in [-0.4, -0.2) is 34.6 Å². The van der Waals surface area contributed by atoms with Gasteiger partial charge in [0.15, 0.2) is 0 Å². The van der Waals surface area contributed by atoms with Crippen molar-refractivity contribution in [3.63, 3.8) is 0 Å². The minimum absolute atomic E-state index is 0.0342. The van der Waals surface area contributed by atoms with Crippen molar-refractivity contribution in [3.05, 3.63) is 22.7 Å². The number of aromatic nitrogens is 2. The van der Waals surface area contributed by atoms with Gasteiger partial charge in [0.25, 0.3) is 5.56 Å². The molecule has 0 aromatic carbocycles. The first-order valence-electron chi connectivity index (χ1n) is 8.69. The van der Waals surface area contributed by atoms with Crippen LogP contribution >= 0.6 is 0 Å². The third kappa shape index (κ3) is 4.12. The number of anilines is 1. The molecule has 1 aliphatic heterocycles. The summed E-state index contributed by atoms with van der Waals surface area (Å²) < 4.78 is 1.48. The maximum absolute atomic E-state index is 12.1. The first-order chi connectivity index (χ1) is 11.1. The fourth-order valence-corrected chi connectivity index (χ4v) is 3.61. The summed E-state index contributed by atoms with van der Waals surface area (Å²) in [5.41, 5.74) is -0.0342. The van der Waals surface area contributed by atoms with Crippen LogP contribution in [0.1, 0.15) is 44.9 Å². The van der Waals surface area contributed by atoms with Crippen LogP contribution in [0.5, 0.6) is 0 Å². The normalized spacial score (nSPS) is 20.0. The largest absolute Gasteiger partial charge is 0.356 e. The number of aryl methyl sites for hydroxylation is 1. The van der Waals surface area contributed by atoms with Crippen molar-refractivity contribution in [1.82, 2.24) is 14.9 Å². The highest BCUT2D eigenvalue weighted by Gasteiger charge is 2.24.